The molecule has 0 aliphatic heterocycles. The lowest BCUT2D eigenvalue weighted by atomic mass is 10.0. The van der Waals surface area contributed by atoms with E-state index in [2.05, 4.69) is 21.0 Å². The van der Waals surface area contributed by atoms with Crippen LogP contribution in [0.15, 0.2) is 35.1 Å². The number of rotatable bonds is 3. The molecule has 90 valence electrons. The highest BCUT2D eigenvalue weighted by Gasteiger charge is 2.14. The molecule has 0 bridgehead atoms. The number of nitrogens with two attached hydrogens (primary N) is 1. The number of hydrogen-bond acceptors (Lipinski definition) is 2. The zero-order chi connectivity index (χ0) is 12.4. The minimum Gasteiger partial charge on any atom is -0.320 e. The average molecular weight is 315 g/mol. The van der Waals surface area contributed by atoms with Crippen LogP contribution in [0.2, 0.25) is 5.02 Å². The van der Waals surface area contributed by atoms with Gasteiger partial charge in [0.1, 0.15) is 0 Å². The lowest BCUT2D eigenvalue weighted by Gasteiger charge is -2.12. The number of hydrogen-bond donors (Lipinski definition) is 1. The van der Waals surface area contributed by atoms with Crippen molar-refractivity contribution in [1.82, 2.24) is 9.78 Å². The number of aryl methyl sites for hydroxylation is 1. The minimum atomic E-state index is -0.250. The molecule has 0 radical (unpaired) electrons. The van der Waals surface area contributed by atoms with Crippen LogP contribution in [-0.4, -0.2) is 9.78 Å². The van der Waals surface area contributed by atoms with Gasteiger partial charge in [0.2, 0.25) is 0 Å². The number of benzene rings is 1. The van der Waals surface area contributed by atoms with Gasteiger partial charge in [-0.25, -0.2) is 0 Å². The zero-order valence-electron chi connectivity index (χ0n) is 9.40. The molecule has 2 N–H and O–H groups in total. The summed E-state index contributed by atoms with van der Waals surface area (Å²) in [6.07, 6.45) is 3.73. The first kappa shape index (κ1) is 12.6. The maximum atomic E-state index is 6.20. The summed E-state index contributed by atoms with van der Waals surface area (Å²) in [6, 6.07) is 5.43. The van der Waals surface area contributed by atoms with Crippen molar-refractivity contribution in [3.63, 3.8) is 0 Å². The zero-order valence-corrected chi connectivity index (χ0v) is 11.7. The molecule has 0 saturated heterocycles. The quantitative estimate of drug-likeness (QED) is 0.944. The van der Waals surface area contributed by atoms with Crippen LogP contribution >= 0.6 is 27.5 Å². The van der Waals surface area contributed by atoms with Gasteiger partial charge in [0, 0.05) is 27.8 Å². The Bertz CT molecular complexity index is 524. The maximum absolute atomic E-state index is 6.20. The smallest absolute Gasteiger partial charge is 0.0598 e. The summed E-state index contributed by atoms with van der Waals surface area (Å²) in [6.45, 7) is 2.87. The van der Waals surface area contributed by atoms with Crippen LogP contribution in [0.3, 0.4) is 0 Å². The fourth-order valence-corrected chi connectivity index (χ4v) is 2.26. The lowest BCUT2D eigenvalue weighted by molar-refractivity contribution is 0.658. The molecular formula is C12H13BrClN3. The second-order valence-electron chi connectivity index (χ2n) is 3.77. The first-order chi connectivity index (χ1) is 8.11. The fourth-order valence-electron chi connectivity index (χ4n) is 1.65. The van der Waals surface area contributed by atoms with Crippen molar-refractivity contribution in [2.45, 2.75) is 19.5 Å². The molecule has 1 atom stereocenters. The number of nitrogens with zero attached hydrogens (tertiary/aromatic N) is 2. The predicted molar refractivity (Wildman–Crippen MR) is 73.1 cm³/mol. The highest BCUT2D eigenvalue weighted by molar-refractivity contribution is 9.10. The van der Waals surface area contributed by atoms with Crippen molar-refractivity contribution in [3.05, 3.63) is 51.2 Å². The summed E-state index contributed by atoms with van der Waals surface area (Å²) in [5, 5.41) is 4.89. The van der Waals surface area contributed by atoms with E-state index in [4.69, 9.17) is 17.3 Å². The van der Waals surface area contributed by atoms with Gasteiger partial charge in [0.05, 0.1) is 12.2 Å². The van der Waals surface area contributed by atoms with E-state index in [0.717, 1.165) is 22.1 Å². The maximum Gasteiger partial charge on any atom is 0.0598 e. The Hall–Kier alpha value is -0.840. The van der Waals surface area contributed by atoms with E-state index in [1.807, 2.05) is 36.0 Å². The van der Waals surface area contributed by atoms with Crippen molar-refractivity contribution in [2.24, 2.45) is 5.73 Å². The Morgan fingerprint density at radius 3 is 2.94 bits per heavy atom. The van der Waals surface area contributed by atoms with Gasteiger partial charge in [-0.3, -0.25) is 4.68 Å². The molecular weight excluding hydrogens is 302 g/mol. The lowest BCUT2D eigenvalue weighted by Crippen LogP contribution is -2.11. The van der Waals surface area contributed by atoms with Crippen molar-refractivity contribution in [1.29, 1.82) is 0 Å². The standard InChI is InChI=1S/C12H13BrClN3/c1-2-17-7-8(6-16-17)12(15)10-5-9(13)3-4-11(10)14/h3-7,12H,2,15H2,1H3. The Kier molecular flexibility index (Phi) is 3.86. The Balaban J connectivity index is 2.35. The largest absolute Gasteiger partial charge is 0.320 e. The molecule has 1 unspecified atom stereocenters. The van der Waals surface area contributed by atoms with Gasteiger partial charge < -0.3 is 5.73 Å². The Morgan fingerprint density at radius 1 is 1.53 bits per heavy atom. The molecule has 2 rings (SSSR count). The molecule has 0 amide bonds. The molecule has 0 spiro atoms. The number of aromatic nitrogens is 2. The summed E-state index contributed by atoms with van der Waals surface area (Å²) in [7, 11) is 0. The van der Waals surface area contributed by atoms with Gasteiger partial charge in [0.25, 0.3) is 0 Å². The molecule has 0 saturated carbocycles. The molecule has 1 aromatic heterocycles. The molecule has 0 aliphatic rings. The Morgan fingerprint density at radius 2 is 2.29 bits per heavy atom. The molecule has 0 fully saturated rings. The summed E-state index contributed by atoms with van der Waals surface area (Å²) in [4.78, 5) is 0. The SMILES string of the molecule is CCn1cc(C(N)c2cc(Br)ccc2Cl)cn1. The summed E-state index contributed by atoms with van der Waals surface area (Å²) < 4.78 is 2.82. The van der Waals surface area contributed by atoms with Crippen LogP contribution < -0.4 is 5.73 Å². The Labute approximate surface area is 114 Å². The second kappa shape index (κ2) is 5.21. The highest BCUT2D eigenvalue weighted by Crippen LogP contribution is 2.28. The van der Waals surface area contributed by atoms with E-state index in [0.29, 0.717) is 5.02 Å². The van der Waals surface area contributed by atoms with Crippen molar-refractivity contribution >= 4 is 27.5 Å². The molecule has 5 heteroatoms. The third kappa shape index (κ3) is 2.70. The molecule has 3 nitrogen and oxygen atoms in total. The van der Waals surface area contributed by atoms with E-state index in [9.17, 15) is 0 Å². The summed E-state index contributed by atoms with van der Waals surface area (Å²) >= 11 is 9.57. The first-order valence-electron chi connectivity index (χ1n) is 5.34. The van der Waals surface area contributed by atoms with Gasteiger partial charge >= 0.3 is 0 Å². The highest BCUT2D eigenvalue weighted by atomic mass is 79.9. The van der Waals surface area contributed by atoms with Crippen molar-refractivity contribution < 1.29 is 0 Å². The number of halogens is 2. The third-order valence-electron chi connectivity index (χ3n) is 2.63. The summed E-state index contributed by atoms with van der Waals surface area (Å²) in [5.74, 6) is 0. The van der Waals surface area contributed by atoms with Crippen LogP contribution in [0.25, 0.3) is 0 Å². The third-order valence-corrected chi connectivity index (χ3v) is 3.47. The van der Waals surface area contributed by atoms with Gasteiger partial charge in [-0.15, -0.1) is 0 Å². The predicted octanol–water partition coefficient (Wildman–Crippen LogP) is 3.37. The van der Waals surface area contributed by atoms with E-state index in [-0.39, 0.29) is 6.04 Å². The minimum absolute atomic E-state index is 0.250. The van der Waals surface area contributed by atoms with E-state index in [1.54, 1.807) is 6.20 Å². The van der Waals surface area contributed by atoms with Crippen LogP contribution in [0, 0.1) is 0 Å². The van der Waals surface area contributed by atoms with Crippen LogP contribution in [0.1, 0.15) is 24.1 Å². The van der Waals surface area contributed by atoms with Gasteiger partial charge in [0.15, 0.2) is 0 Å². The monoisotopic (exact) mass is 313 g/mol. The van der Waals surface area contributed by atoms with E-state index >= 15 is 0 Å². The van der Waals surface area contributed by atoms with Gasteiger partial charge in [-0.2, -0.15) is 5.10 Å². The summed E-state index contributed by atoms with van der Waals surface area (Å²) in [5.41, 5.74) is 8.06. The van der Waals surface area contributed by atoms with Crippen molar-refractivity contribution in [3.8, 4) is 0 Å². The van der Waals surface area contributed by atoms with E-state index < -0.39 is 0 Å². The average Bonchev–Trinajstić information content (AvgIpc) is 2.80. The van der Waals surface area contributed by atoms with Crippen LogP contribution in [-0.2, 0) is 6.54 Å². The van der Waals surface area contributed by atoms with Gasteiger partial charge in [-0.05, 0) is 30.7 Å². The molecule has 0 aliphatic carbocycles. The topological polar surface area (TPSA) is 43.8 Å². The molecule has 1 heterocycles. The second-order valence-corrected chi connectivity index (χ2v) is 5.10. The molecule has 2 aromatic rings. The van der Waals surface area contributed by atoms with E-state index in [1.165, 1.54) is 0 Å². The van der Waals surface area contributed by atoms with Crippen LogP contribution in [0.4, 0.5) is 0 Å². The molecule has 1 aromatic carbocycles. The van der Waals surface area contributed by atoms with Crippen LogP contribution in [0.5, 0.6) is 0 Å². The normalized spacial score (nSPS) is 12.7. The van der Waals surface area contributed by atoms with Crippen molar-refractivity contribution in [2.75, 3.05) is 0 Å². The van der Waals surface area contributed by atoms with Gasteiger partial charge in [-0.1, -0.05) is 27.5 Å². The molecule has 17 heavy (non-hydrogen) atoms. The first-order valence-corrected chi connectivity index (χ1v) is 6.51. The fraction of sp³-hybridized carbons (Fsp3) is 0.250.